The van der Waals surface area contributed by atoms with Crippen LogP contribution >= 0.6 is 0 Å². The minimum atomic E-state index is -4.89. The number of urea groups is 1. The molecule has 3 amide bonds. The molecule has 0 aromatic heterocycles. The van der Waals surface area contributed by atoms with Crippen molar-refractivity contribution in [3.05, 3.63) is 65.2 Å². The van der Waals surface area contributed by atoms with E-state index in [1.54, 1.807) is 17.0 Å². The first-order valence-electron chi connectivity index (χ1n) is 13.5. The fourth-order valence-electron chi connectivity index (χ4n) is 5.42. The van der Waals surface area contributed by atoms with Crippen LogP contribution in [0.25, 0.3) is 0 Å². The van der Waals surface area contributed by atoms with Crippen molar-refractivity contribution in [2.45, 2.75) is 50.7 Å². The third-order valence-corrected chi connectivity index (χ3v) is 7.67. The van der Waals surface area contributed by atoms with Gasteiger partial charge in [-0.3, -0.25) is 9.69 Å². The highest BCUT2D eigenvalue weighted by molar-refractivity contribution is 5.89. The molecule has 2 aliphatic heterocycles. The lowest BCUT2D eigenvalue weighted by Crippen LogP contribution is -2.51. The molecule has 11 heteroatoms. The normalized spacial score (nSPS) is 16.9. The van der Waals surface area contributed by atoms with Crippen LogP contribution < -0.4 is 5.32 Å². The van der Waals surface area contributed by atoms with E-state index in [2.05, 4.69) is 22.3 Å². The first-order valence-corrected chi connectivity index (χ1v) is 13.5. The number of carbonyl (C=O) groups is 2. The molecule has 218 valence electrons. The maximum Gasteiger partial charge on any atom is 0.471 e. The molecule has 2 aromatic rings. The molecule has 0 aliphatic carbocycles. The monoisotopic (exact) mass is 562 g/mol. The van der Waals surface area contributed by atoms with Crippen LogP contribution in [0.2, 0.25) is 0 Å². The first kappa shape index (κ1) is 29.8. The van der Waals surface area contributed by atoms with Crippen molar-refractivity contribution in [3.8, 4) is 0 Å². The fourth-order valence-corrected chi connectivity index (χ4v) is 5.42. The summed E-state index contributed by atoms with van der Waals surface area (Å²) < 4.78 is 49.6. The van der Waals surface area contributed by atoms with Crippen molar-refractivity contribution in [1.29, 1.82) is 0 Å². The molecule has 0 atom stereocenters. The van der Waals surface area contributed by atoms with Gasteiger partial charge in [0.2, 0.25) is 0 Å². The van der Waals surface area contributed by atoms with Crippen LogP contribution in [-0.2, 0) is 33.7 Å². The minimum absolute atomic E-state index is 0.00320. The second-order valence-corrected chi connectivity index (χ2v) is 10.2. The van der Waals surface area contributed by atoms with Crippen molar-refractivity contribution in [2.75, 3.05) is 52.3 Å². The zero-order valence-electron chi connectivity index (χ0n) is 23.0. The Morgan fingerprint density at radius 1 is 0.975 bits per heavy atom. The predicted molar refractivity (Wildman–Crippen MR) is 145 cm³/mol. The number of hydrogen-bond donors (Lipinski definition) is 1. The van der Waals surface area contributed by atoms with Gasteiger partial charge in [0.15, 0.2) is 6.29 Å². The summed E-state index contributed by atoms with van der Waals surface area (Å²) in [6.07, 6.45) is -3.28. The van der Waals surface area contributed by atoms with Gasteiger partial charge in [0.05, 0.1) is 6.54 Å². The van der Waals surface area contributed by atoms with E-state index in [4.69, 9.17) is 9.47 Å². The number of ether oxygens (including phenoxy) is 2. The number of fused-ring (bicyclic) bond motifs is 1. The topological polar surface area (TPSA) is 74.4 Å². The number of amides is 3. The smallest absolute Gasteiger partial charge is 0.354 e. The number of rotatable bonds is 8. The summed E-state index contributed by atoms with van der Waals surface area (Å²) in [7, 11) is 3.07. The average Bonchev–Trinajstić information content (AvgIpc) is 3.16. The Labute approximate surface area is 233 Å². The van der Waals surface area contributed by atoms with Gasteiger partial charge in [-0.05, 0) is 54.5 Å². The van der Waals surface area contributed by atoms with Gasteiger partial charge in [0.25, 0.3) is 0 Å². The van der Waals surface area contributed by atoms with Gasteiger partial charge in [-0.2, -0.15) is 13.2 Å². The first-order chi connectivity index (χ1) is 19.2. The van der Waals surface area contributed by atoms with Crippen molar-refractivity contribution < 1.29 is 32.2 Å². The lowest BCUT2D eigenvalue weighted by Gasteiger charge is -2.39. The highest BCUT2D eigenvalue weighted by Gasteiger charge is 2.42. The van der Waals surface area contributed by atoms with Crippen LogP contribution in [0.4, 0.5) is 23.7 Å². The van der Waals surface area contributed by atoms with E-state index in [1.807, 2.05) is 24.3 Å². The summed E-state index contributed by atoms with van der Waals surface area (Å²) in [6, 6.07) is 15.3. The van der Waals surface area contributed by atoms with Gasteiger partial charge in [0, 0.05) is 58.7 Å². The largest absolute Gasteiger partial charge is 0.471 e. The molecular formula is C29H37F3N4O4. The number of nitrogens with one attached hydrogen (secondary N) is 1. The number of likely N-dealkylation sites (tertiary alicyclic amines) is 1. The number of anilines is 1. The number of halogens is 3. The standard InChI is InChI=1S/C29H37F3N4O4/c1-39-26(40-2)20-36(25-12-14-34(15-13-25)19-21-6-4-3-5-7-21)28(38)33-24-9-8-22-10-16-35(17-11-23(22)18-24)27(37)29(30,31)32/h3-9,18,25-26H,10-17,19-20H2,1-2H3,(H,33,38). The lowest BCUT2D eigenvalue weighted by molar-refractivity contribution is -0.185. The molecule has 0 saturated carbocycles. The van der Waals surface area contributed by atoms with Gasteiger partial charge in [-0.25, -0.2) is 4.79 Å². The third kappa shape index (κ3) is 7.74. The molecule has 1 N–H and O–H groups in total. The Bertz CT molecular complexity index is 1140. The molecule has 2 aliphatic rings. The molecule has 2 heterocycles. The molecule has 1 fully saturated rings. The number of nitrogens with zero attached hydrogens (tertiary/aromatic N) is 3. The Kier molecular flexibility index (Phi) is 10.0. The molecule has 1 saturated heterocycles. The van der Waals surface area contributed by atoms with E-state index in [9.17, 15) is 22.8 Å². The van der Waals surface area contributed by atoms with E-state index in [-0.39, 0.29) is 38.1 Å². The van der Waals surface area contributed by atoms with Gasteiger partial charge in [0.1, 0.15) is 0 Å². The number of alkyl halides is 3. The summed E-state index contributed by atoms with van der Waals surface area (Å²) in [4.78, 5) is 30.3. The maximum absolute atomic E-state index is 13.6. The number of methoxy groups -OCH3 is 2. The second-order valence-electron chi connectivity index (χ2n) is 10.2. The van der Waals surface area contributed by atoms with Gasteiger partial charge >= 0.3 is 18.1 Å². The molecule has 0 spiro atoms. The van der Waals surface area contributed by atoms with Gasteiger partial charge in [-0.15, -0.1) is 0 Å². The summed E-state index contributed by atoms with van der Waals surface area (Å²) in [5.74, 6) is -1.81. The van der Waals surface area contributed by atoms with Crippen LogP contribution in [-0.4, -0.2) is 92.1 Å². The molecule has 0 bridgehead atoms. The number of hydrogen-bond acceptors (Lipinski definition) is 5. The lowest BCUT2D eigenvalue weighted by atomic mass is 10.0. The van der Waals surface area contributed by atoms with E-state index < -0.39 is 18.4 Å². The SMILES string of the molecule is COC(CN(C(=O)Nc1ccc2c(c1)CCN(C(=O)C(F)(F)F)CC2)C1CCN(Cc2ccccc2)CC1)OC. The summed E-state index contributed by atoms with van der Waals surface area (Å²) in [5.41, 5.74) is 3.50. The second kappa shape index (κ2) is 13.5. The number of benzene rings is 2. The number of carbonyl (C=O) groups excluding carboxylic acids is 2. The molecular weight excluding hydrogens is 525 g/mol. The Morgan fingerprint density at radius 3 is 2.25 bits per heavy atom. The predicted octanol–water partition coefficient (Wildman–Crippen LogP) is 4.29. The van der Waals surface area contributed by atoms with Gasteiger partial charge in [-0.1, -0.05) is 36.4 Å². The Balaban J connectivity index is 1.41. The summed E-state index contributed by atoms with van der Waals surface area (Å²) in [6.45, 7) is 2.78. The van der Waals surface area contributed by atoms with Gasteiger partial charge < -0.3 is 24.6 Å². The zero-order chi connectivity index (χ0) is 28.7. The highest BCUT2D eigenvalue weighted by atomic mass is 19.4. The average molecular weight is 563 g/mol. The molecule has 0 unspecified atom stereocenters. The third-order valence-electron chi connectivity index (χ3n) is 7.67. The maximum atomic E-state index is 13.6. The fraction of sp³-hybridized carbons (Fsp3) is 0.517. The van der Waals surface area contributed by atoms with E-state index in [1.165, 1.54) is 19.8 Å². The zero-order valence-corrected chi connectivity index (χ0v) is 23.0. The van der Waals surface area contributed by atoms with Crippen LogP contribution in [0.15, 0.2) is 48.5 Å². The van der Waals surface area contributed by atoms with Crippen molar-refractivity contribution in [2.24, 2.45) is 0 Å². The van der Waals surface area contributed by atoms with Crippen LogP contribution in [0, 0.1) is 0 Å². The van der Waals surface area contributed by atoms with Crippen LogP contribution in [0.1, 0.15) is 29.5 Å². The summed E-state index contributed by atoms with van der Waals surface area (Å²) in [5, 5.41) is 2.97. The Hall–Kier alpha value is -3.15. The number of piperidine rings is 1. The van der Waals surface area contributed by atoms with E-state index in [0.29, 0.717) is 12.1 Å². The van der Waals surface area contributed by atoms with Crippen molar-refractivity contribution in [1.82, 2.24) is 14.7 Å². The molecule has 8 nitrogen and oxygen atoms in total. The summed E-state index contributed by atoms with van der Waals surface area (Å²) >= 11 is 0. The quantitative estimate of drug-likeness (QED) is 0.486. The molecule has 2 aromatic carbocycles. The Morgan fingerprint density at radius 2 is 1.62 bits per heavy atom. The molecule has 0 radical (unpaired) electrons. The molecule has 40 heavy (non-hydrogen) atoms. The molecule has 4 rings (SSSR count). The highest BCUT2D eigenvalue weighted by Crippen LogP contribution is 2.25. The van der Waals surface area contributed by atoms with Crippen molar-refractivity contribution >= 4 is 17.6 Å². The van der Waals surface area contributed by atoms with E-state index >= 15 is 0 Å². The van der Waals surface area contributed by atoms with Crippen LogP contribution in [0.5, 0.6) is 0 Å². The van der Waals surface area contributed by atoms with Crippen LogP contribution in [0.3, 0.4) is 0 Å². The van der Waals surface area contributed by atoms with Crippen molar-refractivity contribution in [3.63, 3.8) is 0 Å². The van der Waals surface area contributed by atoms with E-state index in [0.717, 1.165) is 48.5 Å². The minimum Gasteiger partial charge on any atom is -0.354 e.